The zero-order valence-corrected chi connectivity index (χ0v) is 22.8. The fourth-order valence-corrected chi connectivity index (χ4v) is 9.76. The topological polar surface area (TPSA) is 20.2 Å². The highest BCUT2D eigenvalue weighted by Gasteiger charge is 2.66. The number of hydrogen-bond acceptors (Lipinski definition) is 1. The summed E-state index contributed by atoms with van der Waals surface area (Å²) in [4.78, 5) is 0. The van der Waals surface area contributed by atoms with Gasteiger partial charge < -0.3 is 5.11 Å². The van der Waals surface area contributed by atoms with E-state index in [0.717, 1.165) is 12.3 Å². The molecule has 0 aromatic rings. The van der Waals surface area contributed by atoms with Crippen LogP contribution in [0.25, 0.3) is 0 Å². The van der Waals surface area contributed by atoms with Crippen LogP contribution in [0, 0.1) is 38.9 Å². The van der Waals surface area contributed by atoms with Crippen molar-refractivity contribution in [1.82, 2.24) is 0 Å². The van der Waals surface area contributed by atoms with Gasteiger partial charge in [-0.2, -0.15) is 0 Å². The molecule has 7 unspecified atom stereocenters. The van der Waals surface area contributed by atoms with Gasteiger partial charge >= 0.3 is 0 Å². The van der Waals surface area contributed by atoms with Gasteiger partial charge in [0, 0.05) is 0 Å². The molecule has 0 aliphatic heterocycles. The molecule has 1 nitrogen and oxygen atoms in total. The van der Waals surface area contributed by atoms with E-state index in [1.165, 1.54) is 63.4 Å². The van der Waals surface area contributed by atoms with Crippen LogP contribution in [0.4, 0.5) is 0 Å². The summed E-state index contributed by atoms with van der Waals surface area (Å²) in [7, 11) is 0. The van der Waals surface area contributed by atoms with Gasteiger partial charge in [-0.1, -0.05) is 71.3 Å². The molecular formula is C31H52O. The van der Waals surface area contributed by atoms with E-state index in [-0.39, 0.29) is 11.5 Å². The summed E-state index contributed by atoms with van der Waals surface area (Å²) in [6.45, 7) is 22.3. The van der Waals surface area contributed by atoms with E-state index in [1.807, 2.05) is 11.1 Å². The number of aliphatic hydroxyl groups excluding tert-OH is 1. The molecule has 4 aliphatic carbocycles. The zero-order valence-electron chi connectivity index (χ0n) is 22.8. The SMILES string of the molecule is CC(C)=CCCC(C)C1(C)CCC2(C)C3=C(CCC21C)C1(C)CCC(O)C(C)(C)C1CC3. The minimum atomic E-state index is -0.136. The van der Waals surface area contributed by atoms with Crippen molar-refractivity contribution in [3.05, 3.63) is 22.8 Å². The summed E-state index contributed by atoms with van der Waals surface area (Å²) in [5, 5.41) is 10.8. The molecular weight excluding hydrogens is 388 g/mol. The first kappa shape index (κ1) is 24.6. The van der Waals surface area contributed by atoms with Gasteiger partial charge in [0.2, 0.25) is 0 Å². The maximum atomic E-state index is 10.8. The van der Waals surface area contributed by atoms with Crippen LogP contribution < -0.4 is 0 Å². The highest BCUT2D eigenvalue weighted by atomic mass is 16.3. The number of allylic oxidation sites excluding steroid dienone is 4. The number of rotatable bonds is 4. The zero-order chi connectivity index (χ0) is 23.7. The second kappa shape index (κ2) is 7.73. The van der Waals surface area contributed by atoms with Crippen LogP contribution in [0.15, 0.2) is 22.8 Å². The Morgan fingerprint density at radius 2 is 1.62 bits per heavy atom. The molecule has 1 N–H and O–H groups in total. The Hall–Kier alpha value is -0.560. The minimum absolute atomic E-state index is 0.0385. The smallest absolute Gasteiger partial charge is 0.0594 e. The van der Waals surface area contributed by atoms with E-state index in [2.05, 4.69) is 68.4 Å². The number of hydrogen-bond donors (Lipinski definition) is 1. The molecule has 0 bridgehead atoms. The highest BCUT2D eigenvalue weighted by Crippen LogP contribution is 2.76. The number of aliphatic hydroxyl groups is 1. The summed E-state index contributed by atoms with van der Waals surface area (Å²) >= 11 is 0. The Morgan fingerprint density at radius 1 is 0.938 bits per heavy atom. The summed E-state index contributed by atoms with van der Waals surface area (Å²) in [5.74, 6) is 1.39. The first-order chi connectivity index (χ1) is 14.7. The lowest BCUT2D eigenvalue weighted by Crippen LogP contribution is -2.56. The van der Waals surface area contributed by atoms with Crippen LogP contribution in [0.3, 0.4) is 0 Å². The fourth-order valence-electron chi connectivity index (χ4n) is 9.76. The van der Waals surface area contributed by atoms with Gasteiger partial charge in [0.1, 0.15) is 0 Å². The van der Waals surface area contributed by atoms with Gasteiger partial charge in [-0.25, -0.2) is 0 Å². The molecule has 0 heterocycles. The number of fused-ring (bicyclic) bond motifs is 4. The van der Waals surface area contributed by atoms with Crippen molar-refractivity contribution in [3.8, 4) is 0 Å². The molecule has 32 heavy (non-hydrogen) atoms. The van der Waals surface area contributed by atoms with E-state index >= 15 is 0 Å². The standard InChI is InChI=1S/C31H52O/c1-21(2)11-10-12-22(3)29(7)19-20-30(8)24-13-14-25-27(4,5)26(32)16-17-28(25,6)23(24)15-18-31(29,30)9/h11,22,25-26,32H,10,12-20H2,1-9H3. The van der Waals surface area contributed by atoms with Gasteiger partial charge in [0.15, 0.2) is 0 Å². The molecule has 0 radical (unpaired) electrons. The van der Waals surface area contributed by atoms with Gasteiger partial charge in [-0.05, 0) is 117 Å². The average Bonchev–Trinajstić information content (AvgIpc) is 2.93. The van der Waals surface area contributed by atoms with Crippen molar-refractivity contribution in [1.29, 1.82) is 0 Å². The monoisotopic (exact) mass is 440 g/mol. The van der Waals surface area contributed by atoms with Crippen LogP contribution in [0.2, 0.25) is 0 Å². The molecule has 2 fully saturated rings. The molecule has 182 valence electrons. The van der Waals surface area contributed by atoms with Crippen LogP contribution in [0.1, 0.15) is 127 Å². The molecule has 0 spiro atoms. The lowest BCUT2D eigenvalue weighted by Gasteiger charge is -2.63. The van der Waals surface area contributed by atoms with E-state index in [1.54, 1.807) is 0 Å². The summed E-state index contributed by atoms with van der Waals surface area (Å²) in [6, 6.07) is 0. The normalized spacial score (nSPS) is 46.2. The maximum absolute atomic E-state index is 10.8. The van der Waals surface area contributed by atoms with E-state index < -0.39 is 0 Å². The maximum Gasteiger partial charge on any atom is 0.0594 e. The minimum Gasteiger partial charge on any atom is -0.393 e. The summed E-state index contributed by atoms with van der Waals surface area (Å²) in [5.41, 5.74) is 6.70. The Morgan fingerprint density at radius 3 is 2.28 bits per heavy atom. The third kappa shape index (κ3) is 3.11. The molecule has 4 aliphatic rings. The van der Waals surface area contributed by atoms with Crippen molar-refractivity contribution in [2.75, 3.05) is 0 Å². The van der Waals surface area contributed by atoms with Crippen LogP contribution in [-0.2, 0) is 0 Å². The van der Waals surface area contributed by atoms with Crippen molar-refractivity contribution in [3.63, 3.8) is 0 Å². The molecule has 0 aromatic carbocycles. The quantitative estimate of drug-likeness (QED) is 0.433. The van der Waals surface area contributed by atoms with E-state index in [0.29, 0.717) is 27.6 Å². The van der Waals surface area contributed by atoms with Gasteiger partial charge in [0.25, 0.3) is 0 Å². The van der Waals surface area contributed by atoms with Crippen molar-refractivity contribution in [2.24, 2.45) is 38.9 Å². The molecule has 2 saturated carbocycles. The largest absolute Gasteiger partial charge is 0.393 e. The van der Waals surface area contributed by atoms with E-state index in [9.17, 15) is 5.11 Å². The Kier molecular flexibility index (Phi) is 5.93. The van der Waals surface area contributed by atoms with Crippen LogP contribution in [0.5, 0.6) is 0 Å². The predicted octanol–water partition coefficient (Wildman–Crippen LogP) is 8.87. The van der Waals surface area contributed by atoms with Crippen LogP contribution >= 0.6 is 0 Å². The van der Waals surface area contributed by atoms with Crippen molar-refractivity contribution < 1.29 is 5.11 Å². The Balaban J connectivity index is 1.69. The van der Waals surface area contributed by atoms with E-state index in [4.69, 9.17) is 0 Å². The first-order valence-electron chi connectivity index (χ1n) is 13.8. The molecule has 4 rings (SSSR count). The second-order valence-corrected chi connectivity index (χ2v) is 14.2. The third-order valence-corrected chi connectivity index (χ3v) is 12.6. The second-order valence-electron chi connectivity index (χ2n) is 14.2. The fraction of sp³-hybridized carbons (Fsp3) is 0.871. The summed E-state index contributed by atoms with van der Waals surface area (Å²) in [6.07, 6.45) is 15.0. The Labute approximate surface area is 199 Å². The molecule has 0 aromatic heterocycles. The predicted molar refractivity (Wildman–Crippen MR) is 137 cm³/mol. The van der Waals surface area contributed by atoms with Crippen molar-refractivity contribution in [2.45, 2.75) is 133 Å². The third-order valence-electron chi connectivity index (χ3n) is 12.6. The van der Waals surface area contributed by atoms with Crippen LogP contribution in [-0.4, -0.2) is 11.2 Å². The van der Waals surface area contributed by atoms with Gasteiger partial charge in [-0.3, -0.25) is 0 Å². The van der Waals surface area contributed by atoms with Crippen molar-refractivity contribution >= 4 is 0 Å². The molecule has 1 heteroatoms. The average molecular weight is 441 g/mol. The molecule has 7 atom stereocenters. The first-order valence-corrected chi connectivity index (χ1v) is 13.8. The molecule has 0 saturated heterocycles. The molecule has 0 amide bonds. The lowest BCUT2D eigenvalue weighted by molar-refractivity contribution is -0.100. The summed E-state index contributed by atoms with van der Waals surface area (Å²) < 4.78 is 0. The van der Waals surface area contributed by atoms with Gasteiger partial charge in [-0.15, -0.1) is 0 Å². The highest BCUT2D eigenvalue weighted by molar-refractivity contribution is 5.39. The Bertz CT molecular complexity index is 812. The van der Waals surface area contributed by atoms with Gasteiger partial charge in [0.05, 0.1) is 6.10 Å². The lowest BCUT2D eigenvalue weighted by atomic mass is 9.41.